The molecule has 0 saturated carbocycles. The van der Waals surface area contributed by atoms with E-state index in [1.807, 2.05) is 20.8 Å². The minimum atomic E-state index is -0.982. The zero-order valence-electron chi connectivity index (χ0n) is 21.9. The highest BCUT2D eigenvalue weighted by Gasteiger charge is 2.74. The molecule has 8 heteroatoms. The van der Waals surface area contributed by atoms with Gasteiger partial charge in [0.25, 0.3) is 0 Å². The summed E-state index contributed by atoms with van der Waals surface area (Å²) in [6.45, 7) is 14.8. The summed E-state index contributed by atoms with van der Waals surface area (Å²) in [5.41, 5.74) is -1.45. The fourth-order valence-electron chi connectivity index (χ4n) is 6.21. The van der Waals surface area contributed by atoms with Crippen LogP contribution >= 0.6 is 0 Å². The molecule has 0 aliphatic carbocycles. The maximum absolute atomic E-state index is 14.2. The van der Waals surface area contributed by atoms with Crippen LogP contribution in [0.2, 0.25) is 0 Å². The first kappa shape index (κ1) is 27.4. The largest absolute Gasteiger partial charge is 0.396 e. The monoisotopic (exact) mass is 489 g/mol. The Balaban J connectivity index is 1.98. The van der Waals surface area contributed by atoms with Crippen LogP contribution < -0.4 is 0 Å². The van der Waals surface area contributed by atoms with Gasteiger partial charge in [0.1, 0.15) is 11.6 Å². The van der Waals surface area contributed by atoms with Gasteiger partial charge < -0.3 is 24.5 Å². The third-order valence-electron chi connectivity index (χ3n) is 7.79. The van der Waals surface area contributed by atoms with Crippen molar-refractivity contribution in [2.75, 3.05) is 33.3 Å². The summed E-state index contributed by atoms with van der Waals surface area (Å²) in [7, 11) is 1.72. The summed E-state index contributed by atoms with van der Waals surface area (Å²) in [5.74, 6) is -1.65. The number of aliphatic hydroxyl groups excluding tert-OH is 1. The van der Waals surface area contributed by atoms with Crippen molar-refractivity contribution in [2.45, 2.75) is 82.6 Å². The van der Waals surface area contributed by atoms with Gasteiger partial charge in [-0.1, -0.05) is 25.0 Å². The van der Waals surface area contributed by atoms with E-state index in [4.69, 9.17) is 9.84 Å². The van der Waals surface area contributed by atoms with Crippen molar-refractivity contribution in [3.05, 3.63) is 25.3 Å². The number of ether oxygens (including phenoxy) is 1. The van der Waals surface area contributed by atoms with E-state index in [9.17, 15) is 14.4 Å². The van der Waals surface area contributed by atoms with E-state index in [-0.39, 0.29) is 30.4 Å². The molecule has 0 radical (unpaired) electrons. The van der Waals surface area contributed by atoms with E-state index in [1.54, 1.807) is 33.9 Å². The Bertz CT molecular complexity index is 837. The molecular weight excluding hydrogens is 446 g/mol. The molecule has 1 N–H and O–H groups in total. The molecule has 2 bridgehead atoms. The molecule has 3 heterocycles. The molecule has 1 spiro atoms. The summed E-state index contributed by atoms with van der Waals surface area (Å²) in [6, 6.07) is -0.760. The van der Waals surface area contributed by atoms with Gasteiger partial charge in [-0.25, -0.2) is 0 Å². The number of likely N-dealkylation sites (tertiary alicyclic amines) is 1. The van der Waals surface area contributed by atoms with Crippen LogP contribution in [0.4, 0.5) is 0 Å². The highest BCUT2D eigenvalue weighted by atomic mass is 16.5. The summed E-state index contributed by atoms with van der Waals surface area (Å²) in [4.78, 5) is 46.6. The number of nitrogens with zero attached hydrogens (tertiary/aromatic N) is 3. The minimum Gasteiger partial charge on any atom is -0.396 e. The van der Waals surface area contributed by atoms with Crippen molar-refractivity contribution in [2.24, 2.45) is 11.8 Å². The van der Waals surface area contributed by atoms with Crippen molar-refractivity contribution in [3.63, 3.8) is 0 Å². The molecule has 8 nitrogen and oxygen atoms in total. The third-order valence-corrected chi connectivity index (χ3v) is 7.79. The van der Waals surface area contributed by atoms with Gasteiger partial charge >= 0.3 is 0 Å². The molecule has 35 heavy (non-hydrogen) atoms. The van der Waals surface area contributed by atoms with Gasteiger partial charge in [-0.2, -0.15) is 0 Å². The maximum Gasteiger partial charge on any atom is 0.249 e. The Morgan fingerprint density at radius 2 is 1.80 bits per heavy atom. The molecule has 2 unspecified atom stereocenters. The lowest BCUT2D eigenvalue weighted by Crippen LogP contribution is -2.60. The normalized spacial score (nSPS) is 29.3. The highest BCUT2D eigenvalue weighted by molar-refractivity contribution is 5.99. The van der Waals surface area contributed by atoms with Crippen LogP contribution in [-0.2, 0) is 19.1 Å². The van der Waals surface area contributed by atoms with Gasteiger partial charge in [0.15, 0.2) is 0 Å². The van der Waals surface area contributed by atoms with Crippen molar-refractivity contribution >= 4 is 17.7 Å². The number of rotatable bonds is 12. The molecule has 3 rings (SSSR count). The molecule has 0 aromatic carbocycles. The number of likely N-dealkylation sites (N-methyl/N-ethyl adjacent to an activating group) is 1. The Labute approximate surface area is 210 Å². The van der Waals surface area contributed by atoms with Crippen molar-refractivity contribution in [1.82, 2.24) is 14.7 Å². The zero-order chi connectivity index (χ0) is 26.0. The number of amides is 3. The van der Waals surface area contributed by atoms with E-state index in [0.717, 1.165) is 25.7 Å². The van der Waals surface area contributed by atoms with Crippen LogP contribution in [-0.4, -0.2) is 94.1 Å². The molecule has 3 aliphatic heterocycles. The topological polar surface area (TPSA) is 90.4 Å². The van der Waals surface area contributed by atoms with Crippen LogP contribution in [0.3, 0.4) is 0 Å². The van der Waals surface area contributed by atoms with Crippen LogP contribution in [0.1, 0.15) is 59.3 Å². The van der Waals surface area contributed by atoms with Crippen molar-refractivity contribution < 1.29 is 24.2 Å². The van der Waals surface area contributed by atoms with Gasteiger partial charge in [0.05, 0.1) is 17.9 Å². The van der Waals surface area contributed by atoms with E-state index >= 15 is 0 Å². The van der Waals surface area contributed by atoms with Gasteiger partial charge in [-0.15, -0.1) is 13.2 Å². The standard InChI is InChI=1S/C27H43N3O5/c1-7-15-28(6)23(32)20-19-13-14-27(35-19)21(20)24(33)29(17-11-9-10-12-18-31)22(27)25(34)30(16-8-2)26(3,4)5/h7-8,19-22,31H,1-2,9-18H2,3-6H3/t19-,20+,21+,22?,27?/m1/s1. The summed E-state index contributed by atoms with van der Waals surface area (Å²) < 4.78 is 6.52. The van der Waals surface area contributed by atoms with Gasteiger partial charge in [0.2, 0.25) is 17.7 Å². The second kappa shape index (κ2) is 10.8. The molecule has 3 amide bonds. The Kier molecular flexibility index (Phi) is 8.48. The van der Waals surface area contributed by atoms with E-state index in [1.165, 1.54) is 0 Å². The lowest BCUT2D eigenvalue weighted by molar-refractivity contribution is -0.151. The second-order valence-electron chi connectivity index (χ2n) is 11.1. The quantitative estimate of drug-likeness (QED) is 0.336. The number of hydrogen-bond donors (Lipinski definition) is 1. The molecular formula is C27H43N3O5. The molecule has 196 valence electrons. The van der Waals surface area contributed by atoms with Crippen LogP contribution in [0.5, 0.6) is 0 Å². The fraction of sp³-hybridized carbons (Fsp3) is 0.741. The molecule has 3 saturated heterocycles. The minimum absolute atomic E-state index is 0.121. The third kappa shape index (κ3) is 4.92. The maximum atomic E-state index is 14.2. The van der Waals surface area contributed by atoms with Crippen molar-refractivity contribution in [1.29, 1.82) is 0 Å². The van der Waals surface area contributed by atoms with Crippen LogP contribution in [0.15, 0.2) is 25.3 Å². The average Bonchev–Trinajstić information content (AvgIpc) is 3.43. The summed E-state index contributed by atoms with van der Waals surface area (Å²) >= 11 is 0. The number of carbonyl (C=O) groups is 3. The first-order valence-electron chi connectivity index (χ1n) is 12.9. The van der Waals surface area contributed by atoms with Crippen molar-refractivity contribution in [3.8, 4) is 0 Å². The van der Waals surface area contributed by atoms with E-state index in [0.29, 0.717) is 32.5 Å². The number of hydrogen-bond acceptors (Lipinski definition) is 5. The van der Waals surface area contributed by atoms with E-state index in [2.05, 4.69) is 13.2 Å². The molecule has 0 aromatic rings. The SMILES string of the molecule is C=CCN(C)C(=O)[C@@H]1[C@H]2C(=O)N(CCCCCCO)C(C(=O)N(CC=C)C(C)(C)C)C23CC[C@H]1O3. The van der Waals surface area contributed by atoms with Crippen LogP contribution in [0.25, 0.3) is 0 Å². The number of carbonyl (C=O) groups excluding carboxylic acids is 3. The van der Waals surface area contributed by atoms with Gasteiger partial charge in [-0.05, 0) is 46.5 Å². The Hall–Kier alpha value is -2.19. The van der Waals surface area contributed by atoms with Gasteiger partial charge in [-0.3, -0.25) is 14.4 Å². The fourth-order valence-corrected chi connectivity index (χ4v) is 6.21. The number of aliphatic hydroxyl groups is 1. The van der Waals surface area contributed by atoms with Gasteiger partial charge in [0, 0.05) is 38.8 Å². The molecule has 3 aliphatic rings. The van der Waals surface area contributed by atoms with E-state index < -0.39 is 29.0 Å². The van der Waals surface area contributed by atoms with Crippen LogP contribution in [0, 0.1) is 11.8 Å². The summed E-state index contributed by atoms with van der Waals surface area (Å²) in [6.07, 6.45) is 7.43. The number of fused-ring (bicyclic) bond motifs is 1. The first-order chi connectivity index (χ1) is 16.5. The highest BCUT2D eigenvalue weighted by Crippen LogP contribution is 2.59. The number of unbranched alkanes of at least 4 members (excludes halogenated alkanes) is 3. The lowest BCUT2D eigenvalue weighted by atomic mass is 9.70. The predicted molar refractivity (Wildman–Crippen MR) is 134 cm³/mol. The molecule has 5 atom stereocenters. The first-order valence-corrected chi connectivity index (χ1v) is 12.9. The second-order valence-corrected chi connectivity index (χ2v) is 11.1. The molecule has 0 aromatic heterocycles. The Morgan fingerprint density at radius 1 is 1.14 bits per heavy atom. The average molecular weight is 490 g/mol. The molecule has 3 fully saturated rings. The Morgan fingerprint density at radius 3 is 2.40 bits per heavy atom. The lowest BCUT2D eigenvalue weighted by Gasteiger charge is -2.42. The zero-order valence-corrected chi connectivity index (χ0v) is 21.9. The predicted octanol–water partition coefficient (Wildman–Crippen LogP) is 2.37. The smallest absolute Gasteiger partial charge is 0.249 e. The summed E-state index contributed by atoms with van der Waals surface area (Å²) in [5, 5.41) is 9.08.